The Balaban J connectivity index is 0.867. The summed E-state index contributed by atoms with van der Waals surface area (Å²) in [4.78, 5) is 98.6. The number of nitrogens with one attached hydrogen (secondary N) is 3. The number of piperidine rings is 1. The monoisotopic (exact) mass is 870 g/mol. The van der Waals surface area contributed by atoms with Gasteiger partial charge in [-0.2, -0.15) is 0 Å². The van der Waals surface area contributed by atoms with E-state index in [9.17, 15) is 38.7 Å². The van der Waals surface area contributed by atoms with Crippen LogP contribution in [0.1, 0.15) is 130 Å². The molecule has 2 aromatic carbocycles. The van der Waals surface area contributed by atoms with E-state index in [4.69, 9.17) is 4.74 Å². The van der Waals surface area contributed by atoms with Crippen molar-refractivity contribution in [2.24, 2.45) is 5.41 Å². The summed E-state index contributed by atoms with van der Waals surface area (Å²) >= 11 is 1.57. The number of benzene rings is 2. The summed E-state index contributed by atoms with van der Waals surface area (Å²) in [5, 5.41) is 18.6. The zero-order chi connectivity index (χ0) is 44.6. The Morgan fingerprint density at radius 2 is 1.65 bits per heavy atom. The molecule has 0 bridgehead atoms. The van der Waals surface area contributed by atoms with Crippen LogP contribution in [0, 0.1) is 12.3 Å². The van der Waals surface area contributed by atoms with Gasteiger partial charge >= 0.3 is 0 Å². The van der Waals surface area contributed by atoms with Gasteiger partial charge in [0, 0.05) is 32.4 Å². The molecule has 6 rings (SSSR count). The van der Waals surface area contributed by atoms with Crippen molar-refractivity contribution >= 4 is 52.7 Å². The van der Waals surface area contributed by atoms with Gasteiger partial charge in [0.15, 0.2) is 0 Å². The fourth-order valence-corrected chi connectivity index (χ4v) is 9.06. The largest absolute Gasteiger partial charge is 0.493 e. The summed E-state index contributed by atoms with van der Waals surface area (Å²) in [7, 11) is 0. The molecule has 4 N–H and O–H groups in total. The van der Waals surface area contributed by atoms with Crippen LogP contribution in [0.25, 0.3) is 10.4 Å². The van der Waals surface area contributed by atoms with Crippen molar-refractivity contribution in [2.45, 2.75) is 136 Å². The average molecular weight is 871 g/mol. The van der Waals surface area contributed by atoms with Crippen molar-refractivity contribution in [1.29, 1.82) is 0 Å². The van der Waals surface area contributed by atoms with Crippen LogP contribution < -0.4 is 20.7 Å². The maximum Gasteiger partial charge on any atom is 0.266 e. The summed E-state index contributed by atoms with van der Waals surface area (Å²) in [6.07, 6.45) is 6.84. The van der Waals surface area contributed by atoms with Gasteiger partial charge in [0.05, 0.1) is 39.9 Å². The Labute approximate surface area is 366 Å². The lowest BCUT2D eigenvalue weighted by molar-refractivity contribution is -0.144. The lowest BCUT2D eigenvalue weighted by Crippen LogP contribution is -2.57. The number of aliphatic hydroxyl groups is 1. The summed E-state index contributed by atoms with van der Waals surface area (Å²) < 4.78 is 5.94. The van der Waals surface area contributed by atoms with Crippen LogP contribution in [-0.4, -0.2) is 98.6 Å². The van der Waals surface area contributed by atoms with E-state index in [1.807, 2.05) is 57.5 Å². The number of fused-ring (bicyclic) bond motifs is 1. The van der Waals surface area contributed by atoms with Gasteiger partial charge in [-0.15, -0.1) is 11.3 Å². The Kier molecular flexibility index (Phi) is 15.3. The highest BCUT2D eigenvalue weighted by atomic mass is 32.1. The zero-order valence-electron chi connectivity index (χ0n) is 36.0. The van der Waals surface area contributed by atoms with E-state index < -0.39 is 53.3 Å². The van der Waals surface area contributed by atoms with E-state index in [1.165, 1.54) is 4.90 Å². The third-order valence-electron chi connectivity index (χ3n) is 11.7. The first kappa shape index (κ1) is 46.0. The van der Waals surface area contributed by atoms with Crippen molar-refractivity contribution in [2.75, 3.05) is 13.2 Å². The van der Waals surface area contributed by atoms with Gasteiger partial charge in [-0.3, -0.25) is 43.8 Å². The maximum atomic E-state index is 14.0. The molecule has 2 fully saturated rings. The van der Waals surface area contributed by atoms with E-state index in [1.54, 1.807) is 29.5 Å². The van der Waals surface area contributed by atoms with E-state index in [-0.39, 0.29) is 67.6 Å². The molecule has 1 unspecified atom stereocenters. The van der Waals surface area contributed by atoms with Gasteiger partial charge in [-0.05, 0) is 54.9 Å². The number of hydrogen-bond donors (Lipinski definition) is 4. The standard InChI is InChI=1S/C46H58N6O9S/c1-28-39(62-27-48-28)30-19-17-29(18-20-30)25-47-41(56)34-24-31(53)26-51(34)45(60)40(46(2,3)4)49-36(54)16-11-9-7-5-6-8-10-12-23-61-35-15-13-14-32-38(35)44(59)52(43(32)58)33-21-22-37(55)50-42(33)57/h13-15,17-20,27,31,33-34,40,53H,5-12,16,21-26H2,1-4H3,(H,47,56)(H,49,54)(H,50,55,57)/t31-,33?,34+,40-/m1/s1. The predicted molar refractivity (Wildman–Crippen MR) is 232 cm³/mol. The third kappa shape index (κ3) is 11.1. The molecule has 16 heteroatoms. The first-order valence-electron chi connectivity index (χ1n) is 21.7. The van der Waals surface area contributed by atoms with Crippen LogP contribution in [0.3, 0.4) is 0 Å². The Morgan fingerprint density at radius 1 is 0.952 bits per heavy atom. The van der Waals surface area contributed by atoms with E-state index in [2.05, 4.69) is 20.9 Å². The molecule has 62 heavy (non-hydrogen) atoms. The van der Waals surface area contributed by atoms with Gasteiger partial charge in [-0.1, -0.05) is 89.6 Å². The second kappa shape index (κ2) is 20.6. The first-order chi connectivity index (χ1) is 29.6. The van der Waals surface area contributed by atoms with E-state index in [0.717, 1.165) is 71.5 Å². The topological polar surface area (TPSA) is 204 Å². The highest BCUT2D eigenvalue weighted by molar-refractivity contribution is 7.13. The Bertz CT molecular complexity index is 2150. The second-order valence-electron chi connectivity index (χ2n) is 17.5. The number of likely N-dealkylation sites (tertiary alicyclic amines) is 1. The molecule has 1 aromatic heterocycles. The van der Waals surface area contributed by atoms with Crippen LogP contribution in [-0.2, 0) is 30.5 Å². The van der Waals surface area contributed by atoms with Gasteiger partial charge in [0.1, 0.15) is 23.9 Å². The second-order valence-corrected chi connectivity index (χ2v) is 18.4. The molecule has 0 spiro atoms. The number of aryl methyl sites for hydroxylation is 1. The molecule has 332 valence electrons. The van der Waals surface area contributed by atoms with E-state index >= 15 is 0 Å². The number of carbonyl (C=O) groups is 7. The minimum atomic E-state index is -1.03. The smallest absolute Gasteiger partial charge is 0.266 e. The molecule has 0 radical (unpaired) electrons. The molecule has 0 aliphatic carbocycles. The Morgan fingerprint density at radius 3 is 2.31 bits per heavy atom. The number of ether oxygens (including phenoxy) is 1. The van der Waals surface area contributed by atoms with Crippen molar-refractivity contribution in [1.82, 2.24) is 30.7 Å². The van der Waals surface area contributed by atoms with Crippen LogP contribution in [0.4, 0.5) is 0 Å². The summed E-state index contributed by atoms with van der Waals surface area (Å²) in [6, 6.07) is 9.95. The van der Waals surface area contributed by atoms with Crippen molar-refractivity contribution in [3.63, 3.8) is 0 Å². The molecule has 15 nitrogen and oxygen atoms in total. The first-order valence-corrected chi connectivity index (χ1v) is 22.5. The Hall–Kier alpha value is -5.48. The molecular formula is C46H58N6O9S. The van der Waals surface area contributed by atoms with Gasteiger partial charge in [0.25, 0.3) is 11.8 Å². The average Bonchev–Trinajstić information content (AvgIpc) is 3.92. The quantitative estimate of drug-likeness (QED) is 0.0914. The fourth-order valence-electron chi connectivity index (χ4n) is 8.25. The fraction of sp³-hybridized carbons (Fsp3) is 0.522. The summed E-state index contributed by atoms with van der Waals surface area (Å²) in [6.45, 7) is 8.23. The molecule has 4 atom stereocenters. The van der Waals surface area contributed by atoms with Crippen LogP contribution >= 0.6 is 11.3 Å². The SMILES string of the molecule is Cc1ncsc1-c1ccc(CNC(=O)[C@@H]2C[C@@H](O)CN2C(=O)[C@@H](NC(=O)CCCCCCCCCCOc2cccc3c2C(=O)N(C2CCC(=O)NC2=O)C3=O)C(C)(C)C)cc1. The number of amides is 7. The maximum absolute atomic E-state index is 14.0. The van der Waals surface area contributed by atoms with Crippen LogP contribution in [0.5, 0.6) is 5.75 Å². The third-order valence-corrected chi connectivity index (χ3v) is 12.7. The van der Waals surface area contributed by atoms with Gasteiger partial charge < -0.3 is 25.4 Å². The van der Waals surface area contributed by atoms with Crippen LogP contribution in [0.2, 0.25) is 0 Å². The number of rotatable bonds is 19. The summed E-state index contributed by atoms with van der Waals surface area (Å²) in [5.41, 5.74) is 4.43. The highest BCUT2D eigenvalue weighted by Gasteiger charge is 2.47. The van der Waals surface area contributed by atoms with E-state index in [0.29, 0.717) is 18.8 Å². The lowest BCUT2D eigenvalue weighted by Gasteiger charge is -2.35. The van der Waals surface area contributed by atoms with Crippen molar-refractivity contribution in [3.8, 4) is 16.2 Å². The molecule has 3 aliphatic heterocycles. The predicted octanol–water partition coefficient (Wildman–Crippen LogP) is 5.22. The number of β-amino-alcohol motifs (C(OH)–C–C–N with tert-alkyl or cyclic N) is 1. The van der Waals surface area contributed by atoms with Gasteiger partial charge in [-0.25, -0.2) is 4.98 Å². The molecule has 2 saturated heterocycles. The zero-order valence-corrected chi connectivity index (χ0v) is 36.8. The molecule has 7 amide bonds. The number of aliphatic hydroxyl groups excluding tert-OH is 1. The number of carbonyl (C=O) groups excluding carboxylic acids is 7. The molecular weight excluding hydrogens is 813 g/mol. The molecule has 3 aliphatic rings. The van der Waals surface area contributed by atoms with Crippen molar-refractivity contribution in [3.05, 3.63) is 70.4 Å². The minimum Gasteiger partial charge on any atom is -0.493 e. The number of thiazole rings is 1. The molecule has 0 saturated carbocycles. The van der Waals surface area contributed by atoms with Crippen molar-refractivity contribution < 1.29 is 43.4 Å². The number of unbranched alkanes of at least 4 members (excludes halogenated alkanes) is 7. The lowest BCUT2D eigenvalue weighted by atomic mass is 9.85. The minimum absolute atomic E-state index is 0.0142. The normalized spacial score (nSPS) is 19.3. The van der Waals surface area contributed by atoms with Crippen LogP contribution in [0.15, 0.2) is 48.0 Å². The molecule has 3 aromatic rings. The number of hydrogen-bond acceptors (Lipinski definition) is 11. The molecule has 4 heterocycles. The number of aromatic nitrogens is 1. The van der Waals surface area contributed by atoms with Gasteiger partial charge in [0.2, 0.25) is 29.5 Å². The number of nitrogens with zero attached hydrogens (tertiary/aromatic N) is 3. The highest BCUT2D eigenvalue weighted by Crippen LogP contribution is 2.34. The summed E-state index contributed by atoms with van der Waals surface area (Å²) in [5.74, 6) is -2.90. The number of imide groups is 2.